The van der Waals surface area contributed by atoms with Crippen molar-refractivity contribution >= 4 is 22.1 Å². The molecule has 0 aliphatic rings. The molecule has 0 aromatic heterocycles. The van der Waals surface area contributed by atoms with Crippen LogP contribution in [0, 0.1) is 0 Å². The summed E-state index contributed by atoms with van der Waals surface area (Å²) >= 11 is 0. The summed E-state index contributed by atoms with van der Waals surface area (Å²) in [4.78, 5) is 24.9. The number of ether oxygens (including phenoxy) is 2. The average Bonchev–Trinajstić information content (AvgIpc) is 3.00. The Morgan fingerprint density at radius 1 is 0.600 bits per heavy atom. The van der Waals surface area contributed by atoms with Crippen molar-refractivity contribution in [3.63, 3.8) is 0 Å². The molecule has 0 aliphatic heterocycles. The second-order valence-electron chi connectivity index (χ2n) is 11.6. The maximum Gasteiger partial charge on any atom is 1.00 e. The standard InChI is InChI=1S/C36H58O7S.K/c1-3-5-7-9-11-13-15-17-19-21-23-25-30-42-35(37)32-28-27-29-33(44(39,40)41)34(32)36(38)43-31-26-24-22-20-18-16-14-12-10-8-6-4-2;/h3-4,27-29H,1-2,5-26,30-31H2,(H,39,40,41);/q;+1/p-1. The van der Waals surface area contributed by atoms with Gasteiger partial charge < -0.3 is 14.0 Å². The molecule has 1 aromatic rings. The third kappa shape index (κ3) is 22.4. The summed E-state index contributed by atoms with van der Waals surface area (Å²) < 4.78 is 46.3. The normalized spacial score (nSPS) is 11.0. The van der Waals surface area contributed by atoms with Crippen molar-refractivity contribution in [2.45, 2.75) is 146 Å². The Bertz CT molecular complexity index is 1060. The van der Waals surface area contributed by atoms with Crippen molar-refractivity contribution < 1.29 is 83.4 Å². The molecule has 0 saturated heterocycles. The maximum atomic E-state index is 12.9. The fraction of sp³-hybridized carbons (Fsp3) is 0.667. The van der Waals surface area contributed by atoms with E-state index < -0.39 is 32.5 Å². The van der Waals surface area contributed by atoms with Gasteiger partial charge in [-0.3, -0.25) is 0 Å². The van der Waals surface area contributed by atoms with E-state index in [4.69, 9.17) is 9.47 Å². The van der Waals surface area contributed by atoms with Crippen LogP contribution in [0.2, 0.25) is 0 Å². The molecular weight excluding hydrogens is 616 g/mol. The van der Waals surface area contributed by atoms with Gasteiger partial charge in [0.1, 0.15) is 10.1 Å². The van der Waals surface area contributed by atoms with Gasteiger partial charge in [-0.25, -0.2) is 18.0 Å². The maximum absolute atomic E-state index is 12.9. The van der Waals surface area contributed by atoms with Crippen molar-refractivity contribution in [1.29, 1.82) is 0 Å². The number of carbonyl (C=O) groups excluding carboxylic acids is 2. The van der Waals surface area contributed by atoms with E-state index in [0.29, 0.717) is 12.8 Å². The molecular formula is C36H57KO7S. The fourth-order valence-corrected chi connectivity index (χ4v) is 5.90. The van der Waals surface area contributed by atoms with Crippen LogP contribution in [-0.4, -0.2) is 38.1 Å². The summed E-state index contributed by atoms with van der Waals surface area (Å²) in [5.74, 6) is -1.83. The van der Waals surface area contributed by atoms with E-state index in [9.17, 15) is 22.6 Å². The molecule has 9 heteroatoms. The molecule has 45 heavy (non-hydrogen) atoms. The van der Waals surface area contributed by atoms with Crippen LogP contribution in [0.3, 0.4) is 0 Å². The van der Waals surface area contributed by atoms with Gasteiger partial charge in [0.05, 0.1) is 29.2 Å². The van der Waals surface area contributed by atoms with Crippen molar-refractivity contribution in [2.75, 3.05) is 13.2 Å². The van der Waals surface area contributed by atoms with Gasteiger partial charge in [0.25, 0.3) is 0 Å². The first kappa shape index (κ1) is 44.2. The number of rotatable bonds is 29. The first-order chi connectivity index (χ1) is 21.3. The van der Waals surface area contributed by atoms with Gasteiger partial charge >= 0.3 is 63.3 Å². The molecule has 0 amide bonds. The Kier molecular flexibility index (Phi) is 28.8. The van der Waals surface area contributed by atoms with Crippen LogP contribution in [0.1, 0.15) is 162 Å². The molecule has 0 aliphatic carbocycles. The molecule has 250 valence electrons. The van der Waals surface area contributed by atoms with Gasteiger partial charge in [0.2, 0.25) is 0 Å². The number of benzene rings is 1. The number of unbranched alkanes of at least 4 members (excludes halogenated alkanes) is 20. The second kappa shape index (κ2) is 29.3. The molecule has 7 nitrogen and oxygen atoms in total. The fourth-order valence-electron chi connectivity index (χ4n) is 5.21. The number of hydrogen-bond acceptors (Lipinski definition) is 7. The molecule has 0 N–H and O–H groups in total. The quantitative estimate of drug-likeness (QED) is 0.0301. The van der Waals surface area contributed by atoms with E-state index in [1.165, 1.54) is 89.2 Å². The van der Waals surface area contributed by atoms with Crippen LogP contribution in [0.4, 0.5) is 0 Å². The van der Waals surface area contributed by atoms with Gasteiger partial charge in [-0.2, -0.15) is 0 Å². The second-order valence-corrected chi connectivity index (χ2v) is 13.0. The van der Waals surface area contributed by atoms with E-state index in [0.717, 1.165) is 57.4 Å². The van der Waals surface area contributed by atoms with E-state index in [1.807, 2.05) is 12.2 Å². The molecule has 0 atom stereocenters. The van der Waals surface area contributed by atoms with Crippen LogP contribution >= 0.6 is 0 Å². The largest absolute Gasteiger partial charge is 1.00 e. The topological polar surface area (TPSA) is 110 Å². The van der Waals surface area contributed by atoms with E-state index in [-0.39, 0.29) is 70.2 Å². The predicted octanol–water partition coefficient (Wildman–Crippen LogP) is 6.86. The summed E-state index contributed by atoms with van der Waals surface area (Å²) in [5.41, 5.74) is -0.797. The van der Waals surface area contributed by atoms with E-state index in [2.05, 4.69) is 13.2 Å². The zero-order valence-electron chi connectivity index (χ0n) is 28.0. The number of esters is 2. The van der Waals surface area contributed by atoms with Gasteiger partial charge in [-0.15, -0.1) is 13.2 Å². The Morgan fingerprint density at radius 3 is 1.33 bits per heavy atom. The minimum absolute atomic E-state index is 0. The summed E-state index contributed by atoms with van der Waals surface area (Å²) in [6, 6.07) is 3.58. The van der Waals surface area contributed by atoms with Crippen molar-refractivity contribution in [3.05, 3.63) is 54.6 Å². The molecule has 0 heterocycles. The van der Waals surface area contributed by atoms with Gasteiger partial charge in [-0.05, 0) is 50.7 Å². The average molecular weight is 673 g/mol. The SMILES string of the molecule is C=CCCCCCCCCCCCCOC(=O)c1cccc(S(=O)(=O)[O-])c1C(=O)OCCCCCCCCCCCCC=C.[K+]. The smallest absolute Gasteiger partial charge is 0.744 e. The monoisotopic (exact) mass is 672 g/mol. The van der Waals surface area contributed by atoms with E-state index in [1.54, 1.807) is 0 Å². The Morgan fingerprint density at radius 2 is 0.956 bits per heavy atom. The molecule has 0 saturated carbocycles. The third-order valence-electron chi connectivity index (χ3n) is 7.79. The summed E-state index contributed by atoms with van der Waals surface area (Å²) in [6.45, 7) is 7.73. The minimum Gasteiger partial charge on any atom is -0.744 e. The summed E-state index contributed by atoms with van der Waals surface area (Å²) in [7, 11) is -5.01. The zero-order valence-corrected chi connectivity index (χ0v) is 32.0. The molecule has 0 unspecified atom stereocenters. The van der Waals surface area contributed by atoms with Crippen molar-refractivity contribution in [3.8, 4) is 0 Å². The third-order valence-corrected chi connectivity index (χ3v) is 8.67. The summed E-state index contributed by atoms with van der Waals surface area (Å²) in [5, 5.41) is 0. The first-order valence-electron chi connectivity index (χ1n) is 17.0. The Balaban J connectivity index is 0.0000194. The van der Waals surface area contributed by atoms with Gasteiger partial charge in [0.15, 0.2) is 0 Å². The predicted molar refractivity (Wildman–Crippen MR) is 177 cm³/mol. The molecule has 0 spiro atoms. The van der Waals surface area contributed by atoms with Crippen molar-refractivity contribution in [1.82, 2.24) is 0 Å². The number of carbonyl (C=O) groups is 2. The van der Waals surface area contributed by atoms with Crippen LogP contribution < -0.4 is 51.4 Å². The van der Waals surface area contributed by atoms with Gasteiger partial charge in [0, 0.05) is 0 Å². The minimum atomic E-state index is -5.01. The number of allylic oxidation sites excluding steroid dienone is 2. The van der Waals surface area contributed by atoms with Crippen LogP contribution in [0.5, 0.6) is 0 Å². The first-order valence-corrected chi connectivity index (χ1v) is 18.4. The zero-order chi connectivity index (χ0) is 32.3. The molecule has 0 fully saturated rings. The Hall–Kier alpha value is -0.814. The van der Waals surface area contributed by atoms with E-state index >= 15 is 0 Å². The molecule has 1 aromatic carbocycles. The molecule has 1 rings (SSSR count). The molecule has 0 radical (unpaired) electrons. The number of hydrogen-bond donors (Lipinski definition) is 0. The summed E-state index contributed by atoms with van der Waals surface area (Å²) in [6.07, 6.45) is 28.3. The van der Waals surface area contributed by atoms with Crippen LogP contribution in [0.25, 0.3) is 0 Å². The molecule has 0 bridgehead atoms. The van der Waals surface area contributed by atoms with Crippen LogP contribution in [0.15, 0.2) is 48.4 Å². The van der Waals surface area contributed by atoms with Crippen LogP contribution in [-0.2, 0) is 19.6 Å². The van der Waals surface area contributed by atoms with Gasteiger partial charge in [-0.1, -0.05) is 121 Å². The Labute approximate surface area is 316 Å². The van der Waals surface area contributed by atoms with Crippen molar-refractivity contribution in [2.24, 2.45) is 0 Å².